The number of phenolic OH excluding ortho intramolecular Hbond substituents is 4. The summed E-state index contributed by atoms with van der Waals surface area (Å²) in [6.07, 6.45) is 0. The van der Waals surface area contributed by atoms with E-state index >= 15 is 0 Å². The molecule has 0 aromatic heterocycles. The SMILES string of the molecule is COc1cc(O)c2cc1C(c1ccc(C(=O)OCOCc3ccccc3)cc1)c1cc(c(OC)cc1O)C(c1ccc(C(=O)OCOCc3ccccc3)cc1)c1cc(c(OC)cc1O)C(c1ccc(C(=O)OCOCc3ccccc3)cc1)c1cc(c(OC)cc1O)C2c1ccc(C(=O)OCOCc2ccccc2)cc1. The van der Waals surface area contributed by atoms with Crippen molar-refractivity contribution < 1.29 is 96.4 Å². The fourth-order valence-electron chi connectivity index (χ4n) is 14.0. The molecule has 0 amide bonds. The van der Waals surface area contributed by atoms with Gasteiger partial charge in [0.2, 0.25) is 0 Å². The molecule has 20 heteroatoms. The number of ether oxygens (including phenoxy) is 12. The van der Waals surface area contributed by atoms with Crippen LogP contribution in [-0.4, -0.2) is 99.9 Å². The molecule has 0 saturated carbocycles. The van der Waals surface area contributed by atoms with Gasteiger partial charge in [0.05, 0.1) is 77.1 Å². The minimum atomic E-state index is -1.10. The lowest BCUT2D eigenvalue weighted by Crippen LogP contribution is -2.15. The Hall–Kier alpha value is -13.2. The van der Waals surface area contributed by atoms with Gasteiger partial charge < -0.3 is 77.3 Å². The van der Waals surface area contributed by atoms with Crippen molar-refractivity contribution >= 4 is 23.9 Å². The van der Waals surface area contributed by atoms with Crippen molar-refractivity contribution in [3.8, 4) is 46.0 Å². The largest absolute Gasteiger partial charge is 0.507 e. The van der Waals surface area contributed by atoms with Crippen LogP contribution in [0, 0.1) is 0 Å². The molecule has 20 nitrogen and oxygen atoms in total. The Bertz CT molecular complexity index is 4580. The Morgan fingerprint density at radius 1 is 0.250 bits per heavy atom. The van der Waals surface area contributed by atoms with Crippen molar-refractivity contribution in [1.82, 2.24) is 0 Å². The molecule has 568 valence electrons. The van der Waals surface area contributed by atoms with Crippen LogP contribution < -0.4 is 18.9 Å². The van der Waals surface area contributed by atoms with Crippen LogP contribution in [0.2, 0.25) is 0 Å². The van der Waals surface area contributed by atoms with Gasteiger partial charge in [-0.3, -0.25) is 0 Å². The van der Waals surface area contributed by atoms with Crippen molar-refractivity contribution in [3.05, 3.63) is 378 Å². The number of benzene rings is 12. The molecule has 12 aromatic carbocycles. The van der Waals surface area contributed by atoms with Gasteiger partial charge in [0.25, 0.3) is 0 Å². The number of hydrogen-bond donors (Lipinski definition) is 4. The molecule has 4 N–H and O–H groups in total. The number of fused-ring (bicyclic) bond motifs is 8. The molecule has 0 heterocycles. The molecule has 112 heavy (non-hydrogen) atoms. The van der Waals surface area contributed by atoms with E-state index in [1.807, 2.05) is 121 Å². The number of rotatable bonds is 28. The van der Waals surface area contributed by atoms with Crippen LogP contribution in [0.25, 0.3) is 0 Å². The molecule has 8 bridgehead atoms. The van der Waals surface area contributed by atoms with Gasteiger partial charge in [-0.2, -0.15) is 0 Å². The third-order valence-electron chi connectivity index (χ3n) is 19.5. The van der Waals surface area contributed by atoms with E-state index in [4.69, 9.17) is 56.8 Å². The summed E-state index contributed by atoms with van der Waals surface area (Å²) in [6, 6.07) is 76.8. The van der Waals surface area contributed by atoms with E-state index in [0.29, 0.717) is 44.5 Å². The predicted octanol–water partition coefficient (Wildman–Crippen LogP) is 16.9. The number of carbonyl (C=O) groups excluding carboxylic acids is 4. The zero-order valence-electron chi connectivity index (χ0n) is 61.7. The molecule has 0 fully saturated rings. The topological polar surface area (TPSA) is 260 Å². The summed E-state index contributed by atoms with van der Waals surface area (Å²) in [5.74, 6) is -7.70. The first-order valence-corrected chi connectivity index (χ1v) is 35.9. The minimum Gasteiger partial charge on any atom is -0.507 e. The van der Waals surface area contributed by atoms with E-state index in [0.717, 1.165) is 22.3 Å². The lowest BCUT2D eigenvalue weighted by molar-refractivity contribution is -0.0387. The monoisotopic (exact) mass is 1500 g/mol. The molecule has 0 radical (unpaired) electrons. The van der Waals surface area contributed by atoms with Crippen LogP contribution in [0.15, 0.2) is 267 Å². The highest BCUT2D eigenvalue weighted by molar-refractivity contribution is 5.91. The highest BCUT2D eigenvalue weighted by atomic mass is 16.7. The lowest BCUT2D eigenvalue weighted by atomic mass is 9.75. The van der Waals surface area contributed by atoms with Crippen molar-refractivity contribution in [1.29, 1.82) is 0 Å². The summed E-state index contributed by atoms with van der Waals surface area (Å²) in [4.78, 5) is 55.6. The highest BCUT2D eigenvalue weighted by Crippen LogP contribution is 2.54. The maximum atomic E-state index is 13.9. The predicted molar refractivity (Wildman–Crippen MR) is 414 cm³/mol. The van der Waals surface area contributed by atoms with Crippen LogP contribution in [0.5, 0.6) is 46.0 Å². The summed E-state index contributed by atoms with van der Waals surface area (Å²) in [5.41, 5.74) is 8.47. The van der Waals surface area contributed by atoms with Gasteiger partial charge in [-0.25, -0.2) is 19.2 Å². The van der Waals surface area contributed by atoms with E-state index in [1.54, 1.807) is 121 Å². The molecule has 0 saturated heterocycles. The average molecular weight is 1510 g/mol. The maximum absolute atomic E-state index is 13.9. The minimum absolute atomic E-state index is 0.141. The number of methoxy groups -OCH3 is 4. The Labute approximate surface area is 647 Å². The first kappa shape index (κ1) is 76.9. The molecule has 1 aliphatic carbocycles. The van der Waals surface area contributed by atoms with Gasteiger partial charge >= 0.3 is 23.9 Å². The number of carbonyl (C=O) groups is 4. The number of hydrogen-bond acceptors (Lipinski definition) is 20. The average Bonchev–Trinajstić information content (AvgIpc) is 0.744. The van der Waals surface area contributed by atoms with E-state index in [-0.39, 0.29) is 144 Å². The van der Waals surface area contributed by atoms with E-state index < -0.39 is 47.5 Å². The van der Waals surface area contributed by atoms with Gasteiger partial charge in [-0.05, 0) is 117 Å². The molecular formula is C92H80O20. The first-order valence-electron chi connectivity index (χ1n) is 35.9. The number of aromatic hydroxyl groups is 4. The third-order valence-corrected chi connectivity index (χ3v) is 19.5. The first-order chi connectivity index (χ1) is 54.7. The van der Waals surface area contributed by atoms with Crippen LogP contribution in [0.3, 0.4) is 0 Å². The molecule has 4 atom stereocenters. The van der Waals surface area contributed by atoms with Crippen LogP contribution in [0.1, 0.15) is 154 Å². The summed E-state index contributed by atoms with van der Waals surface area (Å²) in [7, 11) is 5.74. The fraction of sp³-hybridized carbons (Fsp3) is 0.174. The van der Waals surface area contributed by atoms with E-state index in [9.17, 15) is 39.6 Å². The van der Waals surface area contributed by atoms with Crippen molar-refractivity contribution in [3.63, 3.8) is 0 Å². The zero-order chi connectivity index (χ0) is 78.0. The number of esters is 4. The molecular weight excluding hydrogens is 1420 g/mol. The normalized spacial score (nSPS) is 14.2. The molecule has 0 spiro atoms. The van der Waals surface area contributed by atoms with Gasteiger partial charge in [-0.1, -0.05) is 170 Å². The second-order valence-corrected chi connectivity index (χ2v) is 26.4. The van der Waals surface area contributed by atoms with Crippen molar-refractivity contribution in [2.45, 2.75) is 50.1 Å². The van der Waals surface area contributed by atoms with E-state index in [1.165, 1.54) is 52.7 Å². The summed E-state index contributed by atoms with van der Waals surface area (Å²) in [6.45, 7) is -0.601. The third kappa shape index (κ3) is 17.9. The Kier molecular flexibility index (Phi) is 24.9. The second-order valence-electron chi connectivity index (χ2n) is 26.4. The standard InChI is InChI=1S/C92H80O20/c1-101-81-45-77(93)69-41-73(81)85(61-25-33-65(34-26-61)89(97)109-53-105-49-57-17-9-5-10-18-57)70-42-74(82(102-2)46-78(70)94)87(63-29-37-67(38-30-63)91(99)111-55-107-51-59-21-13-7-14-22-59)72-44-76(84(104-4)48-80(72)96)88(64-31-39-68(40-32-64)92(100)112-56-108-52-60-23-15-8-16-24-60)71-43-75(83(103-3)47-79(71)95)86(69)62-27-35-66(36-28-62)90(98)110-54-106-50-58-19-11-6-12-20-58/h5-48,85-88,93-96H,49-56H2,1-4H3. The highest BCUT2D eigenvalue weighted by Gasteiger charge is 2.37. The summed E-state index contributed by atoms with van der Waals surface area (Å²) >= 11 is 0. The summed E-state index contributed by atoms with van der Waals surface area (Å²) in [5, 5.41) is 51.9. The summed E-state index contributed by atoms with van der Waals surface area (Å²) < 4.78 is 70.5. The second kappa shape index (κ2) is 36.3. The Balaban J connectivity index is 1.01. The van der Waals surface area contributed by atoms with Gasteiger partial charge in [-0.15, -0.1) is 0 Å². The smallest absolute Gasteiger partial charge is 0.340 e. The van der Waals surface area contributed by atoms with Gasteiger partial charge in [0.15, 0.2) is 27.2 Å². The van der Waals surface area contributed by atoms with Crippen LogP contribution in [-0.2, 0) is 64.3 Å². The molecule has 0 aliphatic heterocycles. The van der Waals surface area contributed by atoms with Crippen molar-refractivity contribution in [2.75, 3.05) is 55.6 Å². The number of phenols is 4. The lowest BCUT2D eigenvalue weighted by Gasteiger charge is -2.31. The maximum Gasteiger partial charge on any atom is 0.340 e. The molecule has 13 rings (SSSR count). The Morgan fingerprint density at radius 3 is 0.616 bits per heavy atom. The zero-order valence-corrected chi connectivity index (χ0v) is 61.7. The fourth-order valence-corrected chi connectivity index (χ4v) is 14.0. The molecule has 4 unspecified atom stereocenters. The van der Waals surface area contributed by atoms with E-state index in [2.05, 4.69) is 0 Å². The van der Waals surface area contributed by atoms with Crippen molar-refractivity contribution in [2.24, 2.45) is 0 Å². The van der Waals surface area contributed by atoms with Crippen LogP contribution in [0.4, 0.5) is 0 Å². The van der Waals surface area contributed by atoms with Gasteiger partial charge in [0.1, 0.15) is 46.0 Å². The Morgan fingerprint density at radius 2 is 0.438 bits per heavy atom. The molecule has 1 aliphatic rings. The van der Waals surface area contributed by atoms with Gasteiger partial charge in [0, 0.05) is 92.4 Å². The molecule has 12 aromatic rings. The quantitative estimate of drug-likeness (QED) is 0.0154. The van der Waals surface area contributed by atoms with Crippen LogP contribution >= 0.6 is 0 Å².